The van der Waals surface area contributed by atoms with Gasteiger partial charge in [0.15, 0.2) is 6.54 Å². The van der Waals surface area contributed by atoms with Gasteiger partial charge in [-0.3, -0.25) is 9.69 Å². The summed E-state index contributed by atoms with van der Waals surface area (Å²) in [6, 6.07) is 0. The zero-order valence-electron chi connectivity index (χ0n) is 19.1. The zero-order valence-corrected chi connectivity index (χ0v) is 19.1. The second-order valence-corrected chi connectivity index (χ2v) is 11.1. The monoisotopic (exact) mass is 416 g/mol. The van der Waals surface area contributed by atoms with Crippen LogP contribution in [0, 0.1) is 28.1 Å². The van der Waals surface area contributed by atoms with E-state index in [1.165, 1.54) is 50.2 Å². The van der Waals surface area contributed by atoms with Crippen molar-refractivity contribution in [1.29, 1.82) is 0 Å². The van der Waals surface area contributed by atoms with E-state index >= 15 is 0 Å². The van der Waals surface area contributed by atoms with Gasteiger partial charge in [-0.05, 0) is 78.4 Å². The number of esters is 1. The van der Waals surface area contributed by atoms with Crippen molar-refractivity contribution < 1.29 is 24.3 Å². The lowest BCUT2D eigenvalue weighted by molar-refractivity contribution is -0.834. The fraction of sp³-hybridized carbons (Fsp3) is 0.760. The first-order valence-corrected chi connectivity index (χ1v) is 11.7. The number of carboxylic acids is 1. The van der Waals surface area contributed by atoms with Crippen molar-refractivity contribution >= 4 is 11.9 Å². The number of quaternary nitrogens is 1. The number of hydrogen-bond donors (Lipinski definition) is 2. The largest absolute Gasteiger partial charge is 0.477 e. The molecule has 0 amide bonds. The van der Waals surface area contributed by atoms with Crippen LogP contribution in [0.15, 0.2) is 23.4 Å². The fourth-order valence-corrected chi connectivity index (χ4v) is 8.07. The Bertz CT molecular complexity index is 801. The quantitative estimate of drug-likeness (QED) is 0.690. The number of carbonyl (C=O) groups is 2. The summed E-state index contributed by atoms with van der Waals surface area (Å²) >= 11 is 0. The molecular weight excluding hydrogens is 378 g/mol. The molecule has 4 rings (SSSR count). The molecule has 0 aromatic rings. The fourth-order valence-electron chi connectivity index (χ4n) is 8.07. The van der Waals surface area contributed by atoms with E-state index in [9.17, 15) is 14.7 Å². The van der Waals surface area contributed by atoms with Crippen molar-refractivity contribution in [2.24, 2.45) is 28.1 Å². The highest BCUT2D eigenvalue weighted by Gasteiger charge is 2.61. The summed E-state index contributed by atoms with van der Waals surface area (Å²) < 4.78 is 5.56. The van der Waals surface area contributed by atoms with Gasteiger partial charge >= 0.3 is 11.9 Å². The summed E-state index contributed by atoms with van der Waals surface area (Å²) in [5.41, 5.74) is 3.48. The Kier molecular flexibility index (Phi) is 5.41. The number of rotatable bonds is 4. The molecule has 166 valence electrons. The molecule has 5 heteroatoms. The lowest BCUT2D eigenvalue weighted by atomic mass is 9.40. The Morgan fingerprint density at radius 2 is 1.93 bits per heavy atom. The van der Waals surface area contributed by atoms with Gasteiger partial charge in [0.1, 0.15) is 6.54 Å². The number of allylic oxidation sites excluding steroid dienone is 2. The summed E-state index contributed by atoms with van der Waals surface area (Å²) in [7, 11) is 0. The number of hydrogen-bond acceptors (Lipinski definition) is 3. The molecule has 0 saturated heterocycles. The Balaban J connectivity index is 1.61. The third kappa shape index (κ3) is 3.43. The maximum Gasteiger partial charge on any atom is 0.359 e. The minimum Gasteiger partial charge on any atom is -0.477 e. The molecule has 3 aliphatic carbocycles. The highest BCUT2D eigenvalue weighted by atomic mass is 16.5. The van der Waals surface area contributed by atoms with Gasteiger partial charge in [-0.15, -0.1) is 0 Å². The van der Waals surface area contributed by atoms with Gasteiger partial charge in [0.05, 0.1) is 12.8 Å². The SMILES string of the molecule is CC(=O)OCC1(C)CCCC2(C)C1CCC1(C)C3=C(CCC12)C[NH+](CC(=O)O)C=C3. The molecule has 0 aromatic carbocycles. The van der Waals surface area contributed by atoms with Crippen LogP contribution in [0.5, 0.6) is 0 Å². The molecule has 0 aromatic heterocycles. The van der Waals surface area contributed by atoms with Crippen molar-refractivity contribution in [2.75, 3.05) is 19.7 Å². The number of fused-ring (bicyclic) bond motifs is 4. The Labute approximate surface area is 180 Å². The summed E-state index contributed by atoms with van der Waals surface area (Å²) in [5, 5.41) is 9.19. The maximum absolute atomic E-state index is 11.5. The third-order valence-corrected chi connectivity index (χ3v) is 9.26. The van der Waals surface area contributed by atoms with Gasteiger partial charge < -0.3 is 9.84 Å². The summed E-state index contributed by atoms with van der Waals surface area (Å²) in [4.78, 5) is 23.7. The Morgan fingerprint density at radius 3 is 2.63 bits per heavy atom. The molecule has 2 N–H and O–H groups in total. The minimum absolute atomic E-state index is 0.0689. The maximum atomic E-state index is 11.5. The van der Waals surface area contributed by atoms with Crippen LogP contribution in [0.4, 0.5) is 0 Å². The van der Waals surface area contributed by atoms with Crippen LogP contribution in [-0.2, 0) is 14.3 Å². The van der Waals surface area contributed by atoms with Crippen LogP contribution in [0.1, 0.15) is 72.6 Å². The van der Waals surface area contributed by atoms with E-state index < -0.39 is 5.97 Å². The topological polar surface area (TPSA) is 68.0 Å². The number of carboxylic acid groups (broad SMARTS) is 1. The second-order valence-electron chi connectivity index (χ2n) is 11.1. The first-order chi connectivity index (χ1) is 14.1. The van der Waals surface area contributed by atoms with E-state index in [1.807, 2.05) is 0 Å². The van der Waals surface area contributed by atoms with E-state index in [1.54, 1.807) is 0 Å². The minimum atomic E-state index is -0.735. The second kappa shape index (κ2) is 7.51. The first kappa shape index (κ1) is 21.6. The molecule has 1 heterocycles. The lowest BCUT2D eigenvalue weighted by Crippen LogP contribution is -3.09. The molecule has 5 nitrogen and oxygen atoms in total. The van der Waals surface area contributed by atoms with Gasteiger partial charge in [0.2, 0.25) is 0 Å². The van der Waals surface area contributed by atoms with E-state index in [0.29, 0.717) is 18.4 Å². The van der Waals surface area contributed by atoms with E-state index in [-0.39, 0.29) is 28.8 Å². The highest BCUT2D eigenvalue weighted by molar-refractivity contribution is 5.67. The van der Waals surface area contributed by atoms with Gasteiger partial charge in [-0.1, -0.05) is 27.2 Å². The van der Waals surface area contributed by atoms with Crippen LogP contribution in [0.3, 0.4) is 0 Å². The van der Waals surface area contributed by atoms with Gasteiger partial charge in [0.25, 0.3) is 0 Å². The Hall–Kier alpha value is -1.62. The molecule has 0 bridgehead atoms. The molecule has 6 atom stereocenters. The number of carbonyl (C=O) groups excluding carboxylic acids is 1. The number of ether oxygens (including phenoxy) is 1. The molecular formula is C25H38NO4+. The van der Waals surface area contributed by atoms with Gasteiger partial charge in [0, 0.05) is 12.3 Å². The average molecular weight is 417 g/mol. The summed E-state index contributed by atoms with van der Waals surface area (Å²) in [5.74, 6) is 0.309. The van der Waals surface area contributed by atoms with E-state index in [0.717, 1.165) is 24.3 Å². The normalized spacial score (nSPS) is 42.7. The van der Waals surface area contributed by atoms with E-state index in [4.69, 9.17) is 4.74 Å². The molecule has 4 aliphatic rings. The number of nitrogens with one attached hydrogen (secondary N) is 1. The molecule has 6 unspecified atom stereocenters. The third-order valence-electron chi connectivity index (χ3n) is 9.26. The van der Waals surface area contributed by atoms with Crippen LogP contribution in [-0.4, -0.2) is 36.7 Å². The van der Waals surface area contributed by atoms with Crippen molar-refractivity contribution in [1.82, 2.24) is 0 Å². The summed E-state index contributed by atoms with van der Waals surface area (Å²) in [6.07, 6.45) is 12.6. The standard InChI is InChI=1S/C25H37NO4/c1-17(27)30-16-23(2)10-5-11-25(4)20(23)8-12-24(3)19-9-13-26(15-22(28)29)14-18(19)6-7-21(24)25/h9,13,20-21H,5-8,10-12,14-16H2,1-4H3,(H,28,29)/p+1. The molecule has 2 fully saturated rings. The van der Waals surface area contributed by atoms with Crippen LogP contribution in [0.25, 0.3) is 0 Å². The van der Waals surface area contributed by atoms with Crippen LogP contribution < -0.4 is 4.90 Å². The molecule has 2 saturated carbocycles. The average Bonchev–Trinajstić information content (AvgIpc) is 2.65. The van der Waals surface area contributed by atoms with Crippen molar-refractivity contribution in [3.63, 3.8) is 0 Å². The Morgan fingerprint density at radius 1 is 1.17 bits per heavy atom. The van der Waals surface area contributed by atoms with Crippen molar-refractivity contribution in [2.45, 2.75) is 72.6 Å². The predicted molar refractivity (Wildman–Crippen MR) is 115 cm³/mol. The van der Waals surface area contributed by atoms with Crippen molar-refractivity contribution in [3.05, 3.63) is 23.4 Å². The predicted octanol–water partition coefficient (Wildman–Crippen LogP) is 3.37. The molecule has 0 radical (unpaired) electrons. The van der Waals surface area contributed by atoms with Crippen molar-refractivity contribution in [3.8, 4) is 0 Å². The summed E-state index contributed by atoms with van der Waals surface area (Å²) in [6.45, 7) is 10.4. The van der Waals surface area contributed by atoms with Crippen LogP contribution in [0.2, 0.25) is 0 Å². The number of aliphatic carboxylic acids is 1. The molecule has 1 aliphatic heterocycles. The molecule has 0 spiro atoms. The van der Waals surface area contributed by atoms with Crippen LogP contribution >= 0.6 is 0 Å². The highest BCUT2D eigenvalue weighted by Crippen LogP contribution is 2.68. The first-order valence-electron chi connectivity index (χ1n) is 11.7. The van der Waals surface area contributed by atoms with E-state index in [2.05, 4.69) is 33.0 Å². The smallest absolute Gasteiger partial charge is 0.359 e. The molecule has 30 heavy (non-hydrogen) atoms. The lowest BCUT2D eigenvalue weighted by Gasteiger charge is -2.64. The van der Waals surface area contributed by atoms with Gasteiger partial charge in [-0.25, -0.2) is 4.79 Å². The van der Waals surface area contributed by atoms with Gasteiger partial charge in [-0.2, -0.15) is 0 Å². The zero-order chi connectivity index (χ0) is 21.7.